The number of hydrogen-bond acceptors (Lipinski definition) is 6. The number of fused-ring (bicyclic) bond motifs is 1. The number of rotatable bonds is 8. The summed E-state index contributed by atoms with van der Waals surface area (Å²) in [5, 5.41) is 13.7. The molecule has 1 heterocycles. The van der Waals surface area contributed by atoms with Gasteiger partial charge >= 0.3 is 5.97 Å². The molecule has 1 saturated carbocycles. The van der Waals surface area contributed by atoms with E-state index in [-0.39, 0.29) is 16.9 Å². The highest BCUT2D eigenvalue weighted by Gasteiger charge is 2.35. The minimum absolute atomic E-state index is 0.0199. The average Bonchev–Trinajstić information content (AvgIpc) is 3.11. The predicted octanol–water partition coefficient (Wildman–Crippen LogP) is 4.32. The molecule has 1 unspecified atom stereocenters. The molecular formula is C24H42N2O6Si. The summed E-state index contributed by atoms with van der Waals surface area (Å²) in [5.41, 5.74) is 1.64. The first-order valence-corrected chi connectivity index (χ1v) is 15.5. The van der Waals surface area contributed by atoms with Crippen molar-refractivity contribution >= 4 is 19.8 Å². The molecule has 0 spiro atoms. The van der Waals surface area contributed by atoms with Crippen LogP contribution in [0.2, 0.25) is 25.7 Å². The highest BCUT2D eigenvalue weighted by Crippen LogP contribution is 2.33. The molecule has 0 aliphatic heterocycles. The van der Waals surface area contributed by atoms with Crippen molar-refractivity contribution < 1.29 is 28.9 Å². The van der Waals surface area contributed by atoms with Gasteiger partial charge in [0.25, 0.3) is 0 Å². The number of carboxylic acids is 1. The van der Waals surface area contributed by atoms with E-state index in [1.54, 1.807) is 18.9 Å². The molecule has 188 valence electrons. The van der Waals surface area contributed by atoms with E-state index >= 15 is 0 Å². The van der Waals surface area contributed by atoms with Crippen LogP contribution >= 0.6 is 0 Å². The van der Waals surface area contributed by atoms with Crippen LogP contribution in [-0.2, 0) is 38.6 Å². The fourth-order valence-electron chi connectivity index (χ4n) is 4.07. The summed E-state index contributed by atoms with van der Waals surface area (Å²) in [4.78, 5) is 22.2. The molecule has 1 atom stereocenters. The second kappa shape index (κ2) is 11.2. The molecular weight excluding hydrogens is 440 g/mol. The molecule has 1 N–H and O–H groups in total. The van der Waals surface area contributed by atoms with E-state index in [2.05, 4.69) is 38.6 Å². The van der Waals surface area contributed by atoms with Crippen molar-refractivity contribution in [1.82, 2.24) is 9.78 Å². The van der Waals surface area contributed by atoms with Crippen molar-refractivity contribution in [1.29, 1.82) is 0 Å². The quantitative estimate of drug-likeness (QED) is 0.435. The average molecular weight is 483 g/mol. The van der Waals surface area contributed by atoms with E-state index in [0.717, 1.165) is 36.6 Å². The Bertz CT molecular complexity index is 822. The van der Waals surface area contributed by atoms with Crippen molar-refractivity contribution in [3.63, 3.8) is 0 Å². The number of aromatic nitrogens is 2. The zero-order chi connectivity index (χ0) is 24.9. The molecule has 0 radical (unpaired) electrons. The summed E-state index contributed by atoms with van der Waals surface area (Å²) in [6.07, 6.45) is 5.32. The number of carbonyl (C=O) groups excluding carboxylic acids is 1. The molecule has 3 rings (SSSR count). The number of methoxy groups -OCH3 is 2. The predicted molar refractivity (Wildman–Crippen MR) is 130 cm³/mol. The third-order valence-corrected chi connectivity index (χ3v) is 8.58. The van der Waals surface area contributed by atoms with Crippen LogP contribution < -0.4 is 0 Å². The third-order valence-electron chi connectivity index (χ3n) is 6.88. The Labute approximate surface area is 199 Å². The molecule has 0 aromatic carbocycles. The van der Waals surface area contributed by atoms with Crippen LogP contribution in [0, 0.1) is 0 Å². The molecule has 1 aromatic heterocycles. The lowest BCUT2D eigenvalue weighted by atomic mass is 9.84. The summed E-state index contributed by atoms with van der Waals surface area (Å²) in [6, 6.07) is 1.08. The summed E-state index contributed by atoms with van der Waals surface area (Å²) < 4.78 is 18.3. The highest BCUT2D eigenvalue weighted by atomic mass is 28.3. The van der Waals surface area contributed by atoms with Crippen LogP contribution in [0.25, 0.3) is 0 Å². The molecule has 2 aliphatic carbocycles. The summed E-state index contributed by atoms with van der Waals surface area (Å²) >= 11 is 0. The van der Waals surface area contributed by atoms with Crippen molar-refractivity contribution in [3.05, 3.63) is 17.0 Å². The summed E-state index contributed by atoms with van der Waals surface area (Å²) in [6.45, 7) is 12.0. The molecule has 0 bridgehead atoms. The van der Waals surface area contributed by atoms with Gasteiger partial charge in [0.2, 0.25) is 0 Å². The van der Waals surface area contributed by atoms with Crippen molar-refractivity contribution in [2.75, 3.05) is 20.8 Å². The van der Waals surface area contributed by atoms with Gasteiger partial charge in [-0.15, -0.1) is 0 Å². The Kier molecular flexibility index (Phi) is 9.44. The van der Waals surface area contributed by atoms with E-state index in [1.807, 2.05) is 0 Å². The minimum atomic E-state index is -1.13. The van der Waals surface area contributed by atoms with Crippen LogP contribution in [-0.4, -0.2) is 66.7 Å². The fourth-order valence-corrected chi connectivity index (χ4v) is 4.83. The molecule has 0 saturated heterocycles. The van der Waals surface area contributed by atoms with Gasteiger partial charge < -0.3 is 19.3 Å². The second-order valence-corrected chi connectivity index (χ2v) is 16.6. The van der Waals surface area contributed by atoms with E-state index in [4.69, 9.17) is 14.2 Å². The molecule has 2 aliphatic rings. The summed E-state index contributed by atoms with van der Waals surface area (Å²) in [7, 11) is 2.29. The Morgan fingerprint density at radius 2 is 1.64 bits per heavy atom. The minimum Gasteiger partial charge on any atom is -0.476 e. The first-order valence-electron chi connectivity index (χ1n) is 11.8. The number of ketones is 1. The van der Waals surface area contributed by atoms with Crippen molar-refractivity contribution in [2.45, 2.75) is 102 Å². The zero-order valence-corrected chi connectivity index (χ0v) is 22.5. The second-order valence-electron chi connectivity index (χ2n) is 11.0. The Morgan fingerprint density at radius 3 is 2.15 bits per heavy atom. The maximum absolute atomic E-state index is 11.4. The number of nitrogens with zero attached hydrogens (tertiary/aromatic N) is 2. The maximum Gasteiger partial charge on any atom is 0.356 e. The van der Waals surface area contributed by atoms with Crippen LogP contribution in [0.5, 0.6) is 0 Å². The smallest absolute Gasteiger partial charge is 0.356 e. The third kappa shape index (κ3) is 8.01. The van der Waals surface area contributed by atoms with E-state index < -0.39 is 14.0 Å². The molecule has 1 fully saturated rings. The normalized spacial score (nSPS) is 22.3. The lowest BCUT2D eigenvalue weighted by molar-refractivity contribution is -0.126. The van der Waals surface area contributed by atoms with Gasteiger partial charge in [0, 0.05) is 59.4 Å². The van der Waals surface area contributed by atoms with Crippen molar-refractivity contribution in [2.24, 2.45) is 0 Å². The zero-order valence-electron chi connectivity index (χ0n) is 21.5. The van der Waals surface area contributed by atoms with Crippen molar-refractivity contribution in [3.8, 4) is 0 Å². The SMILES string of the molecule is COC1(C)CCC(=O)CC1.COC1(C)CCc2c(C(=O)O)nn(COCC[Si](C)(C)C)c2C1. The number of carboxylic acid groups (broad SMARTS) is 1. The van der Waals surface area contributed by atoms with Gasteiger partial charge in [-0.1, -0.05) is 19.6 Å². The first kappa shape index (κ1) is 27.7. The molecule has 9 heteroatoms. The van der Waals surface area contributed by atoms with Gasteiger partial charge in [-0.2, -0.15) is 5.10 Å². The van der Waals surface area contributed by atoms with Gasteiger partial charge in [0.15, 0.2) is 5.69 Å². The fraction of sp³-hybridized carbons (Fsp3) is 0.792. The lowest BCUT2D eigenvalue weighted by Crippen LogP contribution is -2.35. The van der Waals surface area contributed by atoms with E-state index in [0.29, 0.717) is 44.8 Å². The van der Waals surface area contributed by atoms with Gasteiger partial charge in [0.1, 0.15) is 12.5 Å². The number of carbonyl (C=O) groups is 2. The van der Waals surface area contributed by atoms with Gasteiger partial charge in [-0.05, 0) is 45.6 Å². The monoisotopic (exact) mass is 482 g/mol. The first-order chi connectivity index (χ1) is 15.3. The molecule has 33 heavy (non-hydrogen) atoms. The Hall–Kier alpha value is -1.55. The van der Waals surface area contributed by atoms with Gasteiger partial charge in [-0.25, -0.2) is 9.48 Å². The Balaban J connectivity index is 0.000000321. The van der Waals surface area contributed by atoms with E-state index in [9.17, 15) is 14.7 Å². The summed E-state index contributed by atoms with van der Waals surface area (Å²) in [5.74, 6) is -0.586. The van der Waals surface area contributed by atoms with Crippen LogP contribution in [0.1, 0.15) is 67.7 Å². The lowest BCUT2D eigenvalue weighted by Gasteiger charge is -2.32. The number of hydrogen-bond donors (Lipinski definition) is 1. The number of Topliss-reactive ketones (excluding diaryl/α,β-unsaturated/α-hetero) is 1. The highest BCUT2D eigenvalue weighted by molar-refractivity contribution is 6.76. The number of ether oxygens (including phenoxy) is 3. The largest absolute Gasteiger partial charge is 0.476 e. The standard InChI is InChI=1S/C16H28N2O4Si.C8H14O2/c1-16(21-2)7-6-12-13(10-16)18(17-14(12)15(19)20)11-22-8-9-23(3,4)5;1-8(10-2)5-3-7(9)4-6-8/h6-11H2,1-5H3,(H,19,20);3-6H2,1-2H3. The van der Waals surface area contributed by atoms with Gasteiger partial charge in [0.05, 0.1) is 11.2 Å². The molecule has 1 aromatic rings. The topological polar surface area (TPSA) is 99.9 Å². The van der Waals surface area contributed by atoms with Gasteiger partial charge in [-0.3, -0.25) is 4.79 Å². The maximum atomic E-state index is 11.4. The van der Waals surface area contributed by atoms with Crippen LogP contribution in [0.3, 0.4) is 0 Å². The Morgan fingerprint density at radius 1 is 1.06 bits per heavy atom. The van der Waals surface area contributed by atoms with E-state index in [1.165, 1.54) is 0 Å². The van der Waals surface area contributed by atoms with Crippen LogP contribution in [0.15, 0.2) is 0 Å². The molecule has 8 nitrogen and oxygen atoms in total. The molecule has 0 amide bonds. The number of aromatic carboxylic acids is 1. The van der Waals surface area contributed by atoms with Crippen LogP contribution in [0.4, 0.5) is 0 Å².